The maximum atomic E-state index is 8.75. The molecule has 0 radical (unpaired) electrons. The van der Waals surface area contributed by atoms with Crippen molar-refractivity contribution in [3.8, 4) is 0 Å². The Hall–Kier alpha value is -0.160. The molecule has 1 rings (SSSR count). The molecule has 0 spiro atoms. The van der Waals surface area contributed by atoms with Crippen LogP contribution in [-0.4, -0.2) is 62.6 Å². The minimum absolute atomic E-state index is 0.322. The van der Waals surface area contributed by atoms with Crippen LogP contribution in [0.3, 0.4) is 0 Å². The zero-order valence-corrected chi connectivity index (χ0v) is 12.0. The predicted octanol–water partition coefficient (Wildman–Crippen LogP) is 1.10. The van der Waals surface area contributed by atoms with Crippen LogP contribution in [-0.2, 0) is 4.74 Å². The molecule has 2 atom stereocenters. The quantitative estimate of drug-likeness (QED) is 0.608. The van der Waals surface area contributed by atoms with Gasteiger partial charge in [0, 0.05) is 31.7 Å². The van der Waals surface area contributed by atoms with Crippen molar-refractivity contribution in [2.24, 2.45) is 5.92 Å². The number of nitrogens with zero attached hydrogens (tertiary/aromatic N) is 1. The topological polar surface area (TPSA) is 44.7 Å². The third-order valence-corrected chi connectivity index (χ3v) is 3.68. The van der Waals surface area contributed by atoms with E-state index in [1.807, 2.05) is 0 Å². The van der Waals surface area contributed by atoms with Crippen LogP contribution in [0.5, 0.6) is 0 Å². The third kappa shape index (κ3) is 6.14. The molecule has 1 heterocycles. The van der Waals surface area contributed by atoms with Gasteiger partial charge in [-0.2, -0.15) is 0 Å². The summed E-state index contributed by atoms with van der Waals surface area (Å²) in [6.07, 6.45) is 4.37. The summed E-state index contributed by atoms with van der Waals surface area (Å²) in [4.78, 5) is 2.40. The van der Waals surface area contributed by atoms with Crippen molar-refractivity contribution in [1.82, 2.24) is 10.2 Å². The summed E-state index contributed by atoms with van der Waals surface area (Å²) < 4.78 is 5.60. The van der Waals surface area contributed by atoms with E-state index in [1.165, 1.54) is 6.42 Å². The Morgan fingerprint density at radius 3 is 2.89 bits per heavy atom. The maximum absolute atomic E-state index is 8.75. The third-order valence-electron chi connectivity index (χ3n) is 3.68. The van der Waals surface area contributed by atoms with Gasteiger partial charge >= 0.3 is 0 Å². The molecular weight excluding hydrogens is 228 g/mol. The summed E-state index contributed by atoms with van der Waals surface area (Å²) in [6.45, 7) is 7.55. The van der Waals surface area contributed by atoms with Crippen molar-refractivity contribution in [2.45, 2.75) is 38.6 Å². The Morgan fingerprint density at radius 2 is 2.17 bits per heavy atom. The minimum atomic E-state index is 0.322. The number of nitrogens with one attached hydrogen (secondary N) is 1. The Bertz CT molecular complexity index is 200. The molecule has 1 aliphatic heterocycles. The summed E-state index contributed by atoms with van der Waals surface area (Å²) in [6, 6.07) is 0.614. The van der Waals surface area contributed by atoms with Crippen LogP contribution in [0.2, 0.25) is 0 Å². The molecular formula is C14H30N2O2. The highest BCUT2D eigenvalue weighted by atomic mass is 16.5. The van der Waals surface area contributed by atoms with Crippen molar-refractivity contribution in [2.75, 3.05) is 46.5 Å². The largest absolute Gasteiger partial charge is 0.396 e. The Morgan fingerprint density at radius 1 is 1.33 bits per heavy atom. The molecule has 0 aliphatic carbocycles. The van der Waals surface area contributed by atoms with Gasteiger partial charge in [-0.15, -0.1) is 0 Å². The molecule has 4 nitrogen and oxygen atoms in total. The Balaban J connectivity index is 2.20. The number of hydrogen-bond donors (Lipinski definition) is 2. The van der Waals surface area contributed by atoms with E-state index in [1.54, 1.807) is 0 Å². The lowest BCUT2D eigenvalue weighted by atomic mass is 9.95. The molecule has 2 unspecified atom stereocenters. The summed E-state index contributed by atoms with van der Waals surface area (Å²) in [5, 5.41) is 12.3. The lowest BCUT2D eigenvalue weighted by molar-refractivity contribution is 0.0200. The second kappa shape index (κ2) is 9.73. The normalized spacial score (nSPS) is 24.7. The van der Waals surface area contributed by atoms with Gasteiger partial charge < -0.3 is 20.1 Å². The van der Waals surface area contributed by atoms with Gasteiger partial charge in [-0.1, -0.05) is 6.92 Å². The molecule has 1 fully saturated rings. The molecule has 0 aromatic rings. The van der Waals surface area contributed by atoms with Gasteiger partial charge in [0.2, 0.25) is 0 Å². The first-order valence-corrected chi connectivity index (χ1v) is 7.38. The van der Waals surface area contributed by atoms with Crippen molar-refractivity contribution in [3.63, 3.8) is 0 Å². The standard InChI is InChI=1S/C14H30N2O2/c1-3-15-14-7-10-18-12-13(14)11-16(2)8-5-4-6-9-17/h13-15,17H,3-12H2,1-2H3. The number of aliphatic hydroxyl groups is 1. The number of aliphatic hydroxyl groups excluding tert-OH is 1. The van der Waals surface area contributed by atoms with Crippen LogP contribution in [0.4, 0.5) is 0 Å². The van der Waals surface area contributed by atoms with Crippen LogP contribution in [0.1, 0.15) is 32.6 Å². The van der Waals surface area contributed by atoms with E-state index in [9.17, 15) is 0 Å². The van der Waals surface area contributed by atoms with E-state index in [-0.39, 0.29) is 0 Å². The SMILES string of the molecule is CCNC1CCOCC1CN(C)CCCCCO. The van der Waals surface area contributed by atoms with E-state index in [0.717, 1.165) is 52.1 Å². The lowest BCUT2D eigenvalue weighted by Gasteiger charge is -2.34. The average molecular weight is 258 g/mol. The zero-order chi connectivity index (χ0) is 13.2. The average Bonchev–Trinajstić information content (AvgIpc) is 2.37. The highest BCUT2D eigenvalue weighted by Gasteiger charge is 2.25. The van der Waals surface area contributed by atoms with Crippen LogP contribution in [0, 0.1) is 5.92 Å². The van der Waals surface area contributed by atoms with Crippen LogP contribution < -0.4 is 5.32 Å². The molecule has 4 heteroatoms. The Labute approximate surface area is 112 Å². The fourth-order valence-electron chi connectivity index (χ4n) is 2.67. The molecule has 1 aliphatic rings. The number of hydrogen-bond acceptors (Lipinski definition) is 4. The molecule has 0 amide bonds. The highest BCUT2D eigenvalue weighted by molar-refractivity contribution is 4.81. The van der Waals surface area contributed by atoms with Gasteiger partial charge in [0.05, 0.1) is 6.61 Å². The van der Waals surface area contributed by atoms with E-state index in [0.29, 0.717) is 18.6 Å². The van der Waals surface area contributed by atoms with E-state index < -0.39 is 0 Å². The molecule has 108 valence electrons. The molecule has 0 bridgehead atoms. The second-order valence-corrected chi connectivity index (χ2v) is 5.33. The smallest absolute Gasteiger partial charge is 0.0521 e. The minimum Gasteiger partial charge on any atom is -0.396 e. The van der Waals surface area contributed by atoms with Crippen molar-refractivity contribution in [3.05, 3.63) is 0 Å². The highest BCUT2D eigenvalue weighted by Crippen LogP contribution is 2.16. The van der Waals surface area contributed by atoms with Gasteiger partial charge in [-0.05, 0) is 45.8 Å². The predicted molar refractivity (Wildman–Crippen MR) is 74.8 cm³/mol. The monoisotopic (exact) mass is 258 g/mol. The number of rotatable bonds is 9. The first-order valence-electron chi connectivity index (χ1n) is 7.38. The Kier molecular flexibility index (Phi) is 8.59. The fraction of sp³-hybridized carbons (Fsp3) is 1.00. The first-order chi connectivity index (χ1) is 8.77. The zero-order valence-electron chi connectivity index (χ0n) is 12.0. The van der Waals surface area contributed by atoms with E-state index in [4.69, 9.17) is 9.84 Å². The van der Waals surface area contributed by atoms with Crippen molar-refractivity contribution >= 4 is 0 Å². The number of ether oxygens (including phenoxy) is 1. The molecule has 1 saturated heterocycles. The maximum Gasteiger partial charge on any atom is 0.0521 e. The van der Waals surface area contributed by atoms with Gasteiger partial charge in [0.1, 0.15) is 0 Å². The second-order valence-electron chi connectivity index (χ2n) is 5.33. The number of unbranched alkanes of at least 4 members (excludes halogenated alkanes) is 2. The van der Waals surface area contributed by atoms with Crippen LogP contribution >= 0.6 is 0 Å². The van der Waals surface area contributed by atoms with Crippen molar-refractivity contribution < 1.29 is 9.84 Å². The van der Waals surface area contributed by atoms with Gasteiger partial charge in [0.25, 0.3) is 0 Å². The van der Waals surface area contributed by atoms with Gasteiger partial charge in [-0.25, -0.2) is 0 Å². The summed E-state index contributed by atoms with van der Waals surface area (Å²) in [7, 11) is 2.19. The molecule has 0 aromatic heterocycles. The van der Waals surface area contributed by atoms with Crippen LogP contribution in [0.15, 0.2) is 0 Å². The van der Waals surface area contributed by atoms with E-state index >= 15 is 0 Å². The lowest BCUT2D eigenvalue weighted by Crippen LogP contribution is -2.47. The first kappa shape index (κ1) is 15.9. The molecule has 0 saturated carbocycles. The van der Waals surface area contributed by atoms with E-state index in [2.05, 4.69) is 24.2 Å². The fourth-order valence-corrected chi connectivity index (χ4v) is 2.67. The molecule has 2 N–H and O–H groups in total. The van der Waals surface area contributed by atoms with Gasteiger partial charge in [-0.3, -0.25) is 0 Å². The van der Waals surface area contributed by atoms with Gasteiger partial charge in [0.15, 0.2) is 0 Å². The summed E-state index contributed by atoms with van der Waals surface area (Å²) >= 11 is 0. The summed E-state index contributed by atoms with van der Waals surface area (Å²) in [5.74, 6) is 0.613. The van der Waals surface area contributed by atoms with Crippen LogP contribution in [0.25, 0.3) is 0 Å². The molecule has 0 aromatic carbocycles. The molecule has 18 heavy (non-hydrogen) atoms. The van der Waals surface area contributed by atoms with Crippen molar-refractivity contribution in [1.29, 1.82) is 0 Å². The summed E-state index contributed by atoms with van der Waals surface area (Å²) in [5.41, 5.74) is 0.